The van der Waals surface area contributed by atoms with Crippen LogP contribution in [0.15, 0.2) is 24.3 Å². The molecular weight excluding hydrogens is 274 g/mol. The van der Waals surface area contributed by atoms with Crippen molar-refractivity contribution >= 4 is 15.9 Å². The van der Waals surface area contributed by atoms with Crippen molar-refractivity contribution < 1.29 is 13.2 Å². The van der Waals surface area contributed by atoms with E-state index in [4.69, 9.17) is 0 Å². The Morgan fingerprint density at radius 2 is 2.00 bits per heavy atom. The van der Waals surface area contributed by atoms with Crippen LogP contribution in [-0.4, -0.2) is 20.6 Å². The van der Waals surface area contributed by atoms with Crippen LogP contribution in [0.1, 0.15) is 50.2 Å². The maximum Gasteiger partial charge on any atom is 0.234 e. The number of amides is 1. The summed E-state index contributed by atoms with van der Waals surface area (Å²) in [5.41, 5.74) is 2.55. The molecule has 110 valence electrons. The molecule has 0 saturated carbocycles. The zero-order valence-electron chi connectivity index (χ0n) is 12.1. The Hall–Kier alpha value is -1.36. The van der Waals surface area contributed by atoms with Crippen LogP contribution in [0.5, 0.6) is 0 Å². The van der Waals surface area contributed by atoms with Crippen LogP contribution in [0.3, 0.4) is 0 Å². The summed E-state index contributed by atoms with van der Waals surface area (Å²) >= 11 is 0. The van der Waals surface area contributed by atoms with E-state index in [2.05, 4.69) is 30.7 Å². The number of carbonyl (C=O) groups excluding carboxylic acids is 1. The van der Waals surface area contributed by atoms with Crippen LogP contribution in [0.2, 0.25) is 0 Å². The highest BCUT2D eigenvalue weighted by Gasteiger charge is 2.33. The van der Waals surface area contributed by atoms with E-state index in [1.807, 2.05) is 12.1 Å². The monoisotopic (exact) mass is 295 g/mol. The Morgan fingerprint density at radius 3 is 2.65 bits per heavy atom. The smallest absolute Gasteiger partial charge is 0.234 e. The van der Waals surface area contributed by atoms with E-state index in [1.165, 1.54) is 11.1 Å². The minimum Gasteiger partial charge on any atom is -0.274 e. The summed E-state index contributed by atoms with van der Waals surface area (Å²) in [5.74, 6) is -0.326. The number of sulfonamides is 1. The van der Waals surface area contributed by atoms with Gasteiger partial charge in [0.05, 0.1) is 6.26 Å². The van der Waals surface area contributed by atoms with Gasteiger partial charge in [0.1, 0.15) is 0 Å². The number of rotatable bonds is 3. The molecule has 5 heteroatoms. The molecule has 0 radical (unpaired) electrons. The van der Waals surface area contributed by atoms with Crippen molar-refractivity contribution in [1.29, 1.82) is 0 Å². The highest BCUT2D eigenvalue weighted by atomic mass is 32.2. The largest absolute Gasteiger partial charge is 0.274 e. The Balaban J connectivity index is 2.21. The first-order valence-electron chi connectivity index (χ1n) is 6.79. The summed E-state index contributed by atoms with van der Waals surface area (Å²) in [6.45, 7) is 4.41. The van der Waals surface area contributed by atoms with Crippen molar-refractivity contribution in [3.05, 3.63) is 35.4 Å². The summed E-state index contributed by atoms with van der Waals surface area (Å²) in [6, 6.07) is 8.14. The number of carbonyl (C=O) groups is 1. The normalized spacial score (nSPS) is 21.1. The molecule has 0 heterocycles. The lowest BCUT2D eigenvalue weighted by molar-refractivity contribution is -0.119. The minimum absolute atomic E-state index is 0.0981. The molecule has 1 aliphatic carbocycles. The average molecular weight is 295 g/mol. The molecule has 1 atom stereocenters. The number of fused-ring (bicyclic) bond motifs is 1. The van der Waals surface area contributed by atoms with Crippen LogP contribution >= 0.6 is 0 Å². The second-order valence-corrected chi connectivity index (χ2v) is 7.96. The lowest BCUT2D eigenvalue weighted by Gasteiger charge is -2.36. The third-order valence-corrected chi connectivity index (χ3v) is 4.58. The van der Waals surface area contributed by atoms with Gasteiger partial charge in [-0.3, -0.25) is 9.52 Å². The lowest BCUT2D eigenvalue weighted by atomic mass is 9.68. The second kappa shape index (κ2) is 5.20. The Kier molecular flexibility index (Phi) is 3.91. The molecule has 20 heavy (non-hydrogen) atoms. The Labute approximate surface area is 120 Å². The fourth-order valence-corrected chi connectivity index (χ4v) is 3.48. The summed E-state index contributed by atoms with van der Waals surface area (Å²) in [5, 5.41) is 0. The van der Waals surface area contributed by atoms with Crippen molar-refractivity contribution in [1.82, 2.24) is 4.72 Å². The molecule has 0 fully saturated rings. The maximum absolute atomic E-state index is 11.8. The molecule has 0 aliphatic heterocycles. The quantitative estimate of drug-likeness (QED) is 0.930. The molecule has 1 N–H and O–H groups in total. The third kappa shape index (κ3) is 3.39. The lowest BCUT2D eigenvalue weighted by Crippen LogP contribution is -2.33. The van der Waals surface area contributed by atoms with E-state index in [9.17, 15) is 13.2 Å². The molecule has 2 rings (SSSR count). The third-order valence-electron chi connectivity index (χ3n) is 3.98. The average Bonchev–Trinajstić information content (AvgIpc) is 2.31. The summed E-state index contributed by atoms with van der Waals surface area (Å²) in [4.78, 5) is 11.8. The molecule has 1 aromatic carbocycles. The molecule has 1 aromatic rings. The van der Waals surface area contributed by atoms with Crippen molar-refractivity contribution in [2.24, 2.45) is 0 Å². The zero-order valence-corrected chi connectivity index (χ0v) is 13.0. The number of benzene rings is 1. The van der Waals surface area contributed by atoms with E-state index < -0.39 is 15.9 Å². The van der Waals surface area contributed by atoms with Crippen molar-refractivity contribution in [2.75, 3.05) is 6.26 Å². The van der Waals surface area contributed by atoms with Crippen LogP contribution in [0, 0.1) is 0 Å². The first kappa shape index (κ1) is 15.0. The maximum atomic E-state index is 11.8. The van der Waals surface area contributed by atoms with Gasteiger partial charge >= 0.3 is 0 Å². The fraction of sp³-hybridized carbons (Fsp3) is 0.533. The minimum atomic E-state index is -3.47. The van der Waals surface area contributed by atoms with Gasteiger partial charge in [0.25, 0.3) is 0 Å². The summed E-state index contributed by atoms with van der Waals surface area (Å²) in [7, 11) is -3.47. The van der Waals surface area contributed by atoms with Gasteiger partial charge in [-0.25, -0.2) is 8.42 Å². The molecule has 1 amide bonds. The molecule has 4 nitrogen and oxygen atoms in total. The number of hydrogen-bond donors (Lipinski definition) is 1. The first-order chi connectivity index (χ1) is 9.19. The van der Waals surface area contributed by atoms with E-state index >= 15 is 0 Å². The van der Waals surface area contributed by atoms with Gasteiger partial charge in [-0.15, -0.1) is 0 Å². The Bertz CT molecular complexity index is 620. The van der Waals surface area contributed by atoms with Crippen molar-refractivity contribution in [3.8, 4) is 0 Å². The van der Waals surface area contributed by atoms with Crippen LogP contribution in [0.4, 0.5) is 0 Å². The van der Waals surface area contributed by atoms with Gasteiger partial charge < -0.3 is 0 Å². The summed E-state index contributed by atoms with van der Waals surface area (Å²) in [6.07, 6.45) is 3.13. The van der Waals surface area contributed by atoms with Crippen molar-refractivity contribution in [2.45, 2.75) is 44.4 Å². The molecule has 1 unspecified atom stereocenters. The molecule has 0 bridgehead atoms. The van der Waals surface area contributed by atoms with E-state index in [0.717, 1.165) is 19.1 Å². The van der Waals surface area contributed by atoms with Gasteiger partial charge in [0.2, 0.25) is 15.9 Å². The highest BCUT2D eigenvalue weighted by Crippen LogP contribution is 2.43. The van der Waals surface area contributed by atoms with Crippen LogP contribution in [0.25, 0.3) is 0 Å². The van der Waals surface area contributed by atoms with Gasteiger partial charge in [-0.1, -0.05) is 38.1 Å². The highest BCUT2D eigenvalue weighted by molar-refractivity contribution is 7.89. The van der Waals surface area contributed by atoms with Gasteiger partial charge in [0, 0.05) is 6.42 Å². The topological polar surface area (TPSA) is 63.2 Å². The second-order valence-electron chi connectivity index (χ2n) is 6.21. The molecule has 1 aliphatic rings. The molecular formula is C15H21NO3S. The Morgan fingerprint density at radius 1 is 1.35 bits per heavy atom. The summed E-state index contributed by atoms with van der Waals surface area (Å²) < 4.78 is 24.3. The predicted octanol–water partition coefficient (Wildman–Crippen LogP) is 2.31. The van der Waals surface area contributed by atoms with E-state index in [1.54, 1.807) is 0 Å². The van der Waals surface area contributed by atoms with Gasteiger partial charge in [0.15, 0.2) is 0 Å². The van der Waals surface area contributed by atoms with E-state index in [-0.39, 0.29) is 17.8 Å². The number of hydrogen-bond acceptors (Lipinski definition) is 3. The van der Waals surface area contributed by atoms with Gasteiger partial charge in [-0.2, -0.15) is 0 Å². The SMILES string of the molecule is CC1(C)CCC(CC(=O)NS(C)(=O)=O)c2ccccc21. The predicted molar refractivity (Wildman–Crippen MR) is 79.0 cm³/mol. The van der Waals surface area contributed by atoms with E-state index in [0.29, 0.717) is 0 Å². The van der Waals surface area contributed by atoms with Crippen LogP contribution in [-0.2, 0) is 20.2 Å². The fourth-order valence-electron chi connectivity index (χ4n) is 2.98. The zero-order chi connectivity index (χ0) is 15.0. The standard InChI is InChI=1S/C15H21NO3S/c1-15(2)9-8-11(10-14(17)16-20(3,18)19)12-6-4-5-7-13(12)15/h4-7,11H,8-10H2,1-3H3,(H,16,17). The van der Waals surface area contributed by atoms with Crippen molar-refractivity contribution in [3.63, 3.8) is 0 Å². The molecule has 0 spiro atoms. The van der Waals surface area contributed by atoms with Gasteiger partial charge in [-0.05, 0) is 35.3 Å². The van der Waals surface area contributed by atoms with Crippen LogP contribution < -0.4 is 4.72 Å². The number of nitrogens with one attached hydrogen (secondary N) is 1. The first-order valence-corrected chi connectivity index (χ1v) is 8.68. The molecule has 0 saturated heterocycles. The molecule has 0 aromatic heterocycles.